The zero-order chi connectivity index (χ0) is 17.1. The Bertz CT molecular complexity index is 864. The number of benzene rings is 1. The SMILES string of the molecule is Cc1ccccc1OCc1ccc(C(=O)Nc2cn(C)nc2C)o1. The summed E-state index contributed by atoms with van der Waals surface area (Å²) in [6.45, 7) is 4.08. The monoisotopic (exact) mass is 325 g/mol. The zero-order valence-corrected chi connectivity index (χ0v) is 13.9. The van der Waals surface area contributed by atoms with Gasteiger partial charge in [0.1, 0.15) is 18.1 Å². The minimum Gasteiger partial charge on any atom is -0.485 e. The van der Waals surface area contributed by atoms with Crippen LogP contribution in [0.4, 0.5) is 5.69 Å². The summed E-state index contributed by atoms with van der Waals surface area (Å²) in [5.41, 5.74) is 2.46. The second-order valence-corrected chi connectivity index (χ2v) is 5.58. The summed E-state index contributed by atoms with van der Waals surface area (Å²) in [7, 11) is 1.80. The number of nitrogens with one attached hydrogen (secondary N) is 1. The molecule has 3 rings (SSSR count). The molecule has 2 heterocycles. The Hall–Kier alpha value is -3.02. The summed E-state index contributed by atoms with van der Waals surface area (Å²) in [6.07, 6.45) is 1.75. The third-order valence-corrected chi connectivity index (χ3v) is 3.61. The lowest BCUT2D eigenvalue weighted by atomic mass is 10.2. The molecule has 0 radical (unpaired) electrons. The van der Waals surface area contributed by atoms with E-state index in [-0.39, 0.29) is 18.3 Å². The molecule has 1 aromatic carbocycles. The molecule has 24 heavy (non-hydrogen) atoms. The van der Waals surface area contributed by atoms with Crippen molar-refractivity contribution in [3.63, 3.8) is 0 Å². The van der Waals surface area contributed by atoms with Gasteiger partial charge in [0.25, 0.3) is 5.91 Å². The lowest BCUT2D eigenvalue weighted by Gasteiger charge is -2.06. The van der Waals surface area contributed by atoms with Crippen molar-refractivity contribution in [1.29, 1.82) is 0 Å². The fraction of sp³-hybridized carbons (Fsp3) is 0.222. The fourth-order valence-corrected chi connectivity index (χ4v) is 2.35. The predicted octanol–water partition coefficient (Wildman–Crippen LogP) is 3.46. The minimum absolute atomic E-state index is 0.238. The second kappa shape index (κ2) is 6.62. The molecule has 1 N–H and O–H groups in total. The van der Waals surface area contributed by atoms with Crippen molar-refractivity contribution in [2.75, 3.05) is 5.32 Å². The molecule has 6 heteroatoms. The van der Waals surface area contributed by atoms with Gasteiger partial charge in [0.2, 0.25) is 0 Å². The standard InChI is InChI=1S/C18H19N3O3/c1-12-6-4-5-7-16(12)23-11-14-8-9-17(24-14)18(22)19-15-10-21(3)20-13(15)2/h4-10H,11H2,1-3H3,(H,19,22). The van der Waals surface area contributed by atoms with E-state index < -0.39 is 0 Å². The normalized spacial score (nSPS) is 10.6. The number of hydrogen-bond donors (Lipinski definition) is 1. The molecule has 0 saturated heterocycles. The topological polar surface area (TPSA) is 69.3 Å². The Morgan fingerprint density at radius 1 is 1.25 bits per heavy atom. The van der Waals surface area contributed by atoms with E-state index in [4.69, 9.17) is 9.15 Å². The molecule has 2 aromatic heterocycles. The molecule has 0 bridgehead atoms. The van der Waals surface area contributed by atoms with Gasteiger partial charge in [0.15, 0.2) is 5.76 Å². The molecule has 0 saturated carbocycles. The van der Waals surface area contributed by atoms with Crippen molar-refractivity contribution in [3.05, 3.63) is 65.4 Å². The average Bonchev–Trinajstić information content (AvgIpc) is 3.13. The van der Waals surface area contributed by atoms with Crippen LogP contribution in [0.15, 0.2) is 47.0 Å². The van der Waals surface area contributed by atoms with E-state index >= 15 is 0 Å². The van der Waals surface area contributed by atoms with Crippen LogP contribution in [0.3, 0.4) is 0 Å². The molecular formula is C18H19N3O3. The molecule has 6 nitrogen and oxygen atoms in total. The second-order valence-electron chi connectivity index (χ2n) is 5.58. The van der Waals surface area contributed by atoms with Crippen LogP contribution in [0.25, 0.3) is 0 Å². The third kappa shape index (κ3) is 3.48. The molecule has 0 spiro atoms. The maximum absolute atomic E-state index is 12.2. The third-order valence-electron chi connectivity index (χ3n) is 3.61. The quantitative estimate of drug-likeness (QED) is 0.780. The number of nitrogens with zero attached hydrogens (tertiary/aromatic N) is 2. The van der Waals surface area contributed by atoms with Crippen LogP contribution in [0, 0.1) is 13.8 Å². The van der Waals surface area contributed by atoms with Gasteiger partial charge in [-0.1, -0.05) is 18.2 Å². The van der Waals surface area contributed by atoms with E-state index in [1.54, 1.807) is 30.1 Å². The number of amides is 1. The number of hydrogen-bond acceptors (Lipinski definition) is 4. The van der Waals surface area contributed by atoms with Crippen molar-refractivity contribution >= 4 is 11.6 Å². The highest BCUT2D eigenvalue weighted by molar-refractivity contribution is 6.02. The Balaban J connectivity index is 1.63. The predicted molar refractivity (Wildman–Crippen MR) is 90.1 cm³/mol. The lowest BCUT2D eigenvalue weighted by molar-refractivity contribution is 0.0992. The van der Waals surface area contributed by atoms with Gasteiger partial charge in [-0.05, 0) is 37.6 Å². The molecule has 0 fully saturated rings. The largest absolute Gasteiger partial charge is 0.485 e. The van der Waals surface area contributed by atoms with Crippen LogP contribution in [0.5, 0.6) is 5.75 Å². The number of anilines is 1. The number of ether oxygens (including phenoxy) is 1. The minimum atomic E-state index is -0.312. The number of aromatic nitrogens is 2. The van der Waals surface area contributed by atoms with Gasteiger partial charge in [-0.25, -0.2) is 0 Å². The van der Waals surface area contributed by atoms with E-state index in [1.165, 1.54) is 0 Å². The van der Waals surface area contributed by atoms with E-state index in [1.807, 2.05) is 38.1 Å². The Morgan fingerprint density at radius 2 is 2.04 bits per heavy atom. The Morgan fingerprint density at radius 3 is 2.75 bits per heavy atom. The average molecular weight is 325 g/mol. The number of para-hydroxylation sites is 1. The molecular weight excluding hydrogens is 306 g/mol. The van der Waals surface area contributed by atoms with Crippen molar-refractivity contribution in [2.45, 2.75) is 20.5 Å². The number of carbonyl (C=O) groups excluding carboxylic acids is 1. The van der Waals surface area contributed by atoms with Crippen LogP contribution >= 0.6 is 0 Å². The molecule has 0 aliphatic heterocycles. The van der Waals surface area contributed by atoms with Crippen LogP contribution < -0.4 is 10.1 Å². The summed E-state index contributed by atoms with van der Waals surface area (Å²) in [6, 6.07) is 11.1. The zero-order valence-electron chi connectivity index (χ0n) is 13.9. The molecule has 0 atom stereocenters. The highest BCUT2D eigenvalue weighted by Crippen LogP contribution is 2.19. The van der Waals surface area contributed by atoms with Crippen LogP contribution in [0.2, 0.25) is 0 Å². The van der Waals surface area contributed by atoms with Gasteiger partial charge in [-0.15, -0.1) is 0 Å². The molecule has 0 unspecified atom stereocenters. The van der Waals surface area contributed by atoms with E-state index in [9.17, 15) is 4.79 Å². The fourth-order valence-electron chi connectivity index (χ4n) is 2.35. The summed E-state index contributed by atoms with van der Waals surface area (Å²) in [5.74, 6) is 1.31. The number of aryl methyl sites for hydroxylation is 3. The molecule has 0 aliphatic carbocycles. The Labute approximate surface area is 140 Å². The first-order valence-electron chi connectivity index (χ1n) is 7.61. The van der Waals surface area contributed by atoms with Gasteiger partial charge in [-0.2, -0.15) is 5.10 Å². The van der Waals surface area contributed by atoms with Gasteiger partial charge < -0.3 is 14.5 Å². The van der Waals surface area contributed by atoms with Gasteiger partial charge >= 0.3 is 0 Å². The highest BCUT2D eigenvalue weighted by atomic mass is 16.5. The number of carbonyl (C=O) groups is 1. The summed E-state index contributed by atoms with van der Waals surface area (Å²) >= 11 is 0. The maximum Gasteiger partial charge on any atom is 0.291 e. The van der Waals surface area contributed by atoms with Crippen molar-refractivity contribution < 1.29 is 13.9 Å². The smallest absolute Gasteiger partial charge is 0.291 e. The van der Waals surface area contributed by atoms with Gasteiger partial charge in [-0.3, -0.25) is 9.48 Å². The molecule has 124 valence electrons. The maximum atomic E-state index is 12.2. The van der Waals surface area contributed by atoms with Crippen LogP contribution in [-0.2, 0) is 13.7 Å². The van der Waals surface area contributed by atoms with E-state index in [0.717, 1.165) is 17.0 Å². The van der Waals surface area contributed by atoms with Crippen molar-refractivity contribution in [3.8, 4) is 5.75 Å². The summed E-state index contributed by atoms with van der Waals surface area (Å²) < 4.78 is 12.9. The number of rotatable bonds is 5. The van der Waals surface area contributed by atoms with E-state index in [0.29, 0.717) is 11.4 Å². The lowest BCUT2D eigenvalue weighted by Crippen LogP contribution is -2.11. The summed E-state index contributed by atoms with van der Waals surface area (Å²) in [5, 5.41) is 6.97. The van der Waals surface area contributed by atoms with Crippen LogP contribution in [0.1, 0.15) is 27.6 Å². The first-order chi connectivity index (χ1) is 11.5. The Kier molecular flexibility index (Phi) is 4.37. The summed E-state index contributed by atoms with van der Waals surface area (Å²) in [4.78, 5) is 12.2. The highest BCUT2D eigenvalue weighted by Gasteiger charge is 2.14. The van der Waals surface area contributed by atoms with Crippen molar-refractivity contribution in [2.24, 2.45) is 7.05 Å². The first-order valence-corrected chi connectivity index (χ1v) is 7.61. The molecule has 0 aliphatic rings. The number of furan rings is 1. The first kappa shape index (κ1) is 15.9. The van der Waals surface area contributed by atoms with Gasteiger partial charge in [0.05, 0.1) is 11.4 Å². The molecule has 1 amide bonds. The van der Waals surface area contributed by atoms with Gasteiger partial charge in [0, 0.05) is 13.2 Å². The van der Waals surface area contributed by atoms with Crippen LogP contribution in [-0.4, -0.2) is 15.7 Å². The van der Waals surface area contributed by atoms with E-state index in [2.05, 4.69) is 10.4 Å². The molecule has 3 aromatic rings. The van der Waals surface area contributed by atoms with Crippen molar-refractivity contribution in [1.82, 2.24) is 9.78 Å².